The first-order chi connectivity index (χ1) is 16.3. The summed E-state index contributed by atoms with van der Waals surface area (Å²) in [6.45, 7) is 6.03. The average molecular weight is 495 g/mol. The molecule has 0 atom stereocenters. The minimum absolute atomic E-state index is 0.756. The Morgan fingerprint density at radius 1 is 0.765 bits per heavy atom. The lowest BCUT2D eigenvalue weighted by Gasteiger charge is -2.12. The molecule has 2 aromatic carbocycles. The van der Waals surface area contributed by atoms with Gasteiger partial charge in [0.15, 0.2) is 0 Å². The Morgan fingerprint density at radius 2 is 1.32 bits per heavy atom. The van der Waals surface area contributed by atoms with Crippen molar-refractivity contribution < 1.29 is 28.7 Å². The van der Waals surface area contributed by atoms with Gasteiger partial charge in [-0.3, -0.25) is 0 Å². The summed E-state index contributed by atoms with van der Waals surface area (Å²) >= 11 is 0. The molecule has 2 rings (SSSR count). The second-order valence-corrected chi connectivity index (χ2v) is 9.61. The highest BCUT2D eigenvalue weighted by Gasteiger charge is 2.06. The van der Waals surface area contributed by atoms with Gasteiger partial charge in [0.1, 0.15) is 11.5 Å². The summed E-state index contributed by atoms with van der Waals surface area (Å²) in [6, 6.07) is 16.4. The number of rotatable bonds is 16. The molecular weight excluding hydrogens is 451 g/mol. The van der Waals surface area contributed by atoms with E-state index in [0.717, 1.165) is 31.1 Å². The van der Waals surface area contributed by atoms with E-state index in [-0.39, 0.29) is 0 Å². The molecule has 0 saturated heterocycles. The Kier molecular flexibility index (Phi) is 16.6. The number of unbranched alkanes of at least 4 members (excludes halogenated alkanes) is 9. The van der Waals surface area contributed by atoms with Crippen LogP contribution in [0.1, 0.15) is 82.3 Å². The monoisotopic (exact) mass is 494 g/mol. The molecular formula is C27H43O6P. The first kappa shape index (κ1) is 30.3. The number of hydrogen-bond acceptors (Lipinski definition) is 3. The van der Waals surface area contributed by atoms with Crippen LogP contribution in [0.15, 0.2) is 48.5 Å². The fourth-order valence-electron chi connectivity index (χ4n) is 3.59. The van der Waals surface area contributed by atoms with Crippen LogP contribution in [0.5, 0.6) is 11.5 Å². The van der Waals surface area contributed by atoms with E-state index in [1.165, 1.54) is 75.3 Å². The first-order valence-corrected chi connectivity index (χ1v) is 14.0. The van der Waals surface area contributed by atoms with Crippen LogP contribution in [-0.4, -0.2) is 27.9 Å². The molecule has 2 aromatic rings. The van der Waals surface area contributed by atoms with Crippen LogP contribution in [0.2, 0.25) is 0 Å². The van der Waals surface area contributed by atoms with Gasteiger partial charge in [-0.15, -0.1) is 0 Å². The Balaban J connectivity index is 0.00000104. The highest BCUT2D eigenvalue weighted by molar-refractivity contribution is 7.45. The number of aryl methyl sites for hydroxylation is 1. The molecule has 0 radical (unpaired) electrons. The zero-order valence-electron chi connectivity index (χ0n) is 20.8. The van der Waals surface area contributed by atoms with Crippen LogP contribution in [0.4, 0.5) is 0 Å². The molecule has 192 valence electrons. The minimum Gasteiger partial charge on any atom is -0.457 e. The van der Waals surface area contributed by atoms with E-state index >= 15 is 0 Å². The van der Waals surface area contributed by atoms with E-state index in [2.05, 4.69) is 32.0 Å². The van der Waals surface area contributed by atoms with Crippen LogP contribution >= 0.6 is 7.82 Å². The lowest BCUT2D eigenvalue weighted by molar-refractivity contribution is 0.132. The van der Waals surface area contributed by atoms with Crippen molar-refractivity contribution in [3.8, 4) is 11.5 Å². The first-order valence-electron chi connectivity index (χ1n) is 12.5. The zero-order valence-corrected chi connectivity index (χ0v) is 21.7. The van der Waals surface area contributed by atoms with E-state index < -0.39 is 7.82 Å². The molecule has 0 aliphatic rings. The molecule has 0 unspecified atom stereocenters. The predicted molar refractivity (Wildman–Crippen MR) is 138 cm³/mol. The van der Waals surface area contributed by atoms with Crippen LogP contribution in [0.3, 0.4) is 0 Å². The van der Waals surface area contributed by atoms with Gasteiger partial charge in [0.25, 0.3) is 0 Å². The normalized spacial score (nSPS) is 11.1. The maximum absolute atomic E-state index is 8.88. The summed E-state index contributed by atoms with van der Waals surface area (Å²) in [6.07, 6.45) is 14.5. The Morgan fingerprint density at radius 3 is 1.91 bits per heavy atom. The summed E-state index contributed by atoms with van der Waals surface area (Å²) in [4.78, 5) is 21.6. The van der Waals surface area contributed by atoms with E-state index in [1.807, 2.05) is 30.3 Å². The van der Waals surface area contributed by atoms with Crippen LogP contribution in [-0.2, 0) is 15.7 Å². The van der Waals surface area contributed by atoms with E-state index in [1.54, 1.807) is 0 Å². The molecule has 34 heavy (non-hydrogen) atoms. The molecule has 0 aliphatic carbocycles. The third kappa shape index (κ3) is 17.7. The van der Waals surface area contributed by atoms with Gasteiger partial charge in [0.2, 0.25) is 0 Å². The Labute approximate surface area is 205 Å². The van der Waals surface area contributed by atoms with E-state index in [9.17, 15) is 0 Å². The van der Waals surface area contributed by atoms with Crippen LogP contribution in [0.25, 0.3) is 0 Å². The molecule has 0 aromatic heterocycles. The largest absolute Gasteiger partial charge is 0.466 e. The summed E-state index contributed by atoms with van der Waals surface area (Å²) in [7, 11) is -4.64. The third-order valence-electron chi connectivity index (χ3n) is 5.34. The maximum Gasteiger partial charge on any atom is 0.466 e. The van der Waals surface area contributed by atoms with Crippen molar-refractivity contribution in [2.75, 3.05) is 13.2 Å². The topological polar surface area (TPSA) is 96.2 Å². The second kappa shape index (κ2) is 18.6. The molecule has 0 aliphatic heterocycles. The SMILES string of the molecule is CCCCCCCCCCCCOCCc1cc(C)ccc1Oc1ccccc1.O=P(O)(O)O. The molecule has 0 amide bonds. The zero-order chi connectivity index (χ0) is 25.1. The summed E-state index contributed by atoms with van der Waals surface area (Å²) in [5, 5.41) is 0. The van der Waals surface area contributed by atoms with Gasteiger partial charge in [-0.25, -0.2) is 4.57 Å². The van der Waals surface area contributed by atoms with Gasteiger partial charge in [-0.2, -0.15) is 0 Å². The van der Waals surface area contributed by atoms with E-state index in [0.29, 0.717) is 0 Å². The molecule has 7 heteroatoms. The summed E-state index contributed by atoms with van der Waals surface area (Å²) < 4.78 is 20.9. The second-order valence-electron chi connectivity index (χ2n) is 8.58. The summed E-state index contributed by atoms with van der Waals surface area (Å²) in [5.74, 6) is 1.81. The lowest BCUT2D eigenvalue weighted by Crippen LogP contribution is -2.02. The fourth-order valence-corrected chi connectivity index (χ4v) is 3.59. The number of hydrogen-bond donors (Lipinski definition) is 3. The van der Waals surface area contributed by atoms with Crippen molar-refractivity contribution >= 4 is 7.82 Å². The standard InChI is InChI=1S/C27H40O2.H3O4P/c1-3-4-5-6-7-8-9-10-11-15-21-28-22-20-25-23-24(2)18-19-27(25)29-26-16-13-12-14-17-26;1-5(2,3)4/h12-14,16-19,23H,3-11,15,20-22H2,1-2H3;(H3,1,2,3,4). The number of phosphoric acid groups is 1. The quantitative estimate of drug-likeness (QED) is 0.167. The van der Waals surface area contributed by atoms with Crippen molar-refractivity contribution in [1.29, 1.82) is 0 Å². The smallest absolute Gasteiger partial charge is 0.457 e. The summed E-state index contributed by atoms with van der Waals surface area (Å²) in [5.41, 5.74) is 2.48. The molecule has 0 bridgehead atoms. The van der Waals surface area contributed by atoms with E-state index in [4.69, 9.17) is 28.7 Å². The molecule has 3 N–H and O–H groups in total. The van der Waals surface area contributed by atoms with Crippen molar-refractivity contribution in [3.63, 3.8) is 0 Å². The van der Waals surface area contributed by atoms with Crippen molar-refractivity contribution in [3.05, 3.63) is 59.7 Å². The minimum atomic E-state index is -4.64. The van der Waals surface area contributed by atoms with Crippen molar-refractivity contribution in [2.45, 2.75) is 84.5 Å². The number of benzene rings is 2. The van der Waals surface area contributed by atoms with Gasteiger partial charge < -0.3 is 24.2 Å². The van der Waals surface area contributed by atoms with Crippen molar-refractivity contribution in [1.82, 2.24) is 0 Å². The van der Waals surface area contributed by atoms with Crippen molar-refractivity contribution in [2.24, 2.45) is 0 Å². The third-order valence-corrected chi connectivity index (χ3v) is 5.34. The van der Waals surface area contributed by atoms with Gasteiger partial charge in [-0.05, 0) is 43.5 Å². The van der Waals surface area contributed by atoms with Crippen LogP contribution < -0.4 is 4.74 Å². The van der Waals surface area contributed by atoms with Gasteiger partial charge in [0.05, 0.1) is 6.61 Å². The Hall–Kier alpha value is -1.69. The maximum atomic E-state index is 8.88. The number of ether oxygens (including phenoxy) is 2. The lowest BCUT2D eigenvalue weighted by atomic mass is 10.1. The molecule has 0 spiro atoms. The van der Waals surface area contributed by atoms with Gasteiger partial charge in [0, 0.05) is 6.61 Å². The highest BCUT2D eigenvalue weighted by Crippen LogP contribution is 2.27. The number of para-hydroxylation sites is 1. The highest BCUT2D eigenvalue weighted by atomic mass is 31.2. The molecule has 0 fully saturated rings. The van der Waals surface area contributed by atoms with Gasteiger partial charge in [-0.1, -0.05) is 101 Å². The Bertz CT molecular complexity index is 798. The molecule has 0 saturated carbocycles. The van der Waals surface area contributed by atoms with Gasteiger partial charge >= 0.3 is 7.82 Å². The molecule has 0 heterocycles. The molecule has 6 nitrogen and oxygen atoms in total. The fraction of sp³-hybridized carbons (Fsp3) is 0.556. The van der Waals surface area contributed by atoms with Crippen LogP contribution in [0, 0.1) is 6.92 Å². The average Bonchev–Trinajstić information content (AvgIpc) is 2.78. The predicted octanol–water partition coefficient (Wildman–Crippen LogP) is 7.34.